The second-order valence-electron chi connectivity index (χ2n) is 4.48. The topological polar surface area (TPSA) is 41.5 Å². The highest BCUT2D eigenvalue weighted by Crippen LogP contribution is 2.30. The molecule has 2 aromatic rings. The molecular formula is C16H10BrClN2OS. The molecule has 0 bridgehead atoms. The Labute approximate surface area is 145 Å². The number of amides is 1. The Morgan fingerprint density at radius 2 is 1.86 bits per heavy atom. The van der Waals surface area contributed by atoms with Gasteiger partial charge in [-0.1, -0.05) is 45.7 Å². The van der Waals surface area contributed by atoms with Gasteiger partial charge in [-0.05, 0) is 53.7 Å². The van der Waals surface area contributed by atoms with E-state index in [2.05, 4.69) is 26.2 Å². The third kappa shape index (κ3) is 3.61. The number of hydrogen-bond acceptors (Lipinski definition) is 3. The average molecular weight is 394 g/mol. The quantitative estimate of drug-likeness (QED) is 0.730. The lowest BCUT2D eigenvalue weighted by atomic mass is 10.2. The molecular weight excluding hydrogens is 384 g/mol. The van der Waals surface area contributed by atoms with Crippen molar-refractivity contribution in [1.29, 1.82) is 0 Å². The Kier molecular flexibility index (Phi) is 4.66. The van der Waals surface area contributed by atoms with E-state index >= 15 is 0 Å². The highest BCUT2D eigenvalue weighted by Gasteiger charge is 2.23. The predicted octanol–water partition coefficient (Wildman–Crippen LogP) is 4.99. The fourth-order valence-corrected chi connectivity index (χ4v) is 3.13. The number of aliphatic imine (C=N–C) groups is 1. The molecule has 1 heterocycles. The highest BCUT2D eigenvalue weighted by atomic mass is 79.9. The van der Waals surface area contributed by atoms with Crippen LogP contribution in [0.3, 0.4) is 0 Å². The third-order valence-corrected chi connectivity index (χ3v) is 4.68. The number of hydrogen-bond donors (Lipinski definition) is 1. The van der Waals surface area contributed by atoms with E-state index in [-0.39, 0.29) is 5.91 Å². The van der Waals surface area contributed by atoms with Gasteiger partial charge in [-0.15, -0.1) is 0 Å². The zero-order valence-corrected chi connectivity index (χ0v) is 14.4. The first kappa shape index (κ1) is 15.3. The van der Waals surface area contributed by atoms with Crippen LogP contribution in [0.1, 0.15) is 5.56 Å². The van der Waals surface area contributed by atoms with E-state index in [4.69, 9.17) is 11.6 Å². The summed E-state index contributed by atoms with van der Waals surface area (Å²) in [4.78, 5) is 17.0. The number of amidine groups is 1. The molecule has 0 atom stereocenters. The van der Waals surface area contributed by atoms with Crippen molar-refractivity contribution in [3.8, 4) is 0 Å². The first-order valence-electron chi connectivity index (χ1n) is 6.41. The van der Waals surface area contributed by atoms with Crippen LogP contribution in [0.4, 0.5) is 5.69 Å². The lowest BCUT2D eigenvalue weighted by Crippen LogP contribution is -2.19. The van der Waals surface area contributed by atoms with Gasteiger partial charge < -0.3 is 5.32 Å². The van der Waals surface area contributed by atoms with Gasteiger partial charge >= 0.3 is 0 Å². The van der Waals surface area contributed by atoms with Crippen molar-refractivity contribution in [2.24, 2.45) is 4.99 Å². The molecule has 3 rings (SSSR count). The van der Waals surface area contributed by atoms with Gasteiger partial charge in [0.05, 0.1) is 10.6 Å². The van der Waals surface area contributed by atoms with Gasteiger partial charge in [-0.2, -0.15) is 0 Å². The van der Waals surface area contributed by atoms with Gasteiger partial charge in [0.25, 0.3) is 5.91 Å². The minimum Gasteiger partial charge on any atom is -0.300 e. The number of carbonyl (C=O) groups is 1. The molecule has 22 heavy (non-hydrogen) atoms. The fraction of sp³-hybridized carbons (Fsp3) is 0. The van der Waals surface area contributed by atoms with Crippen LogP contribution in [0.5, 0.6) is 0 Å². The van der Waals surface area contributed by atoms with E-state index in [0.717, 1.165) is 15.7 Å². The minimum absolute atomic E-state index is 0.166. The van der Waals surface area contributed by atoms with E-state index < -0.39 is 0 Å². The molecule has 6 heteroatoms. The SMILES string of the molecule is O=C1NC(=Nc2ccc(Br)cc2)S/C1=C\c1ccccc1Cl. The molecule has 110 valence electrons. The van der Waals surface area contributed by atoms with Crippen LogP contribution in [-0.2, 0) is 4.79 Å². The lowest BCUT2D eigenvalue weighted by molar-refractivity contribution is -0.115. The average Bonchev–Trinajstić information content (AvgIpc) is 2.84. The molecule has 0 saturated carbocycles. The van der Waals surface area contributed by atoms with Gasteiger partial charge in [0.15, 0.2) is 5.17 Å². The largest absolute Gasteiger partial charge is 0.300 e. The summed E-state index contributed by atoms with van der Waals surface area (Å²) in [5, 5.41) is 3.93. The van der Waals surface area contributed by atoms with Crippen molar-refractivity contribution in [1.82, 2.24) is 5.32 Å². The number of carbonyl (C=O) groups excluding carboxylic acids is 1. The van der Waals surface area contributed by atoms with E-state index in [1.54, 1.807) is 12.1 Å². The summed E-state index contributed by atoms with van der Waals surface area (Å²) in [6.07, 6.45) is 1.77. The van der Waals surface area contributed by atoms with E-state index in [1.165, 1.54) is 11.8 Å². The van der Waals surface area contributed by atoms with Gasteiger partial charge in [0, 0.05) is 9.50 Å². The van der Waals surface area contributed by atoms with Crippen molar-refractivity contribution in [3.05, 3.63) is 68.5 Å². The van der Waals surface area contributed by atoms with Crippen molar-refractivity contribution < 1.29 is 4.79 Å². The van der Waals surface area contributed by atoms with Crippen molar-refractivity contribution >= 4 is 62.1 Å². The monoisotopic (exact) mass is 392 g/mol. The summed E-state index contributed by atoms with van der Waals surface area (Å²) in [7, 11) is 0. The number of benzene rings is 2. The lowest BCUT2D eigenvalue weighted by Gasteiger charge is -1.97. The summed E-state index contributed by atoms with van der Waals surface area (Å²) < 4.78 is 0.985. The minimum atomic E-state index is -0.166. The predicted molar refractivity (Wildman–Crippen MR) is 96.4 cm³/mol. The van der Waals surface area contributed by atoms with E-state index in [9.17, 15) is 4.79 Å². The maximum Gasteiger partial charge on any atom is 0.264 e. The van der Waals surface area contributed by atoms with E-state index in [0.29, 0.717) is 15.1 Å². The first-order chi connectivity index (χ1) is 10.6. The number of nitrogens with one attached hydrogen (secondary N) is 1. The van der Waals surface area contributed by atoms with Crippen LogP contribution >= 0.6 is 39.3 Å². The summed E-state index contributed by atoms with van der Waals surface area (Å²) in [6.45, 7) is 0. The second-order valence-corrected chi connectivity index (χ2v) is 6.83. The van der Waals surface area contributed by atoms with Crippen molar-refractivity contribution in [3.63, 3.8) is 0 Å². The molecule has 1 fully saturated rings. The summed E-state index contributed by atoms with van der Waals surface area (Å²) >= 11 is 10.8. The molecule has 1 aliphatic rings. The van der Waals surface area contributed by atoms with Crippen LogP contribution in [0.15, 0.2) is 62.9 Å². The Bertz CT molecular complexity index is 787. The molecule has 0 radical (unpaired) electrons. The maximum atomic E-state index is 12.0. The van der Waals surface area contributed by atoms with Crippen LogP contribution < -0.4 is 5.32 Å². The second kappa shape index (κ2) is 6.69. The Morgan fingerprint density at radius 1 is 1.14 bits per heavy atom. The van der Waals surface area contributed by atoms with E-state index in [1.807, 2.05) is 42.5 Å². The molecule has 0 spiro atoms. The summed E-state index contributed by atoms with van der Waals surface area (Å²) in [6, 6.07) is 15.0. The molecule has 0 aliphatic carbocycles. The van der Waals surface area contributed by atoms with Gasteiger partial charge in [-0.25, -0.2) is 4.99 Å². The Hall–Kier alpha value is -1.56. The molecule has 1 N–H and O–H groups in total. The highest BCUT2D eigenvalue weighted by molar-refractivity contribution is 9.10. The summed E-state index contributed by atoms with van der Waals surface area (Å²) in [5.74, 6) is -0.166. The zero-order valence-electron chi connectivity index (χ0n) is 11.2. The molecule has 3 nitrogen and oxygen atoms in total. The van der Waals surface area contributed by atoms with Crippen molar-refractivity contribution in [2.45, 2.75) is 0 Å². The van der Waals surface area contributed by atoms with Crippen LogP contribution in [0.25, 0.3) is 6.08 Å². The Balaban J connectivity index is 1.84. The maximum absolute atomic E-state index is 12.0. The van der Waals surface area contributed by atoms with Crippen LogP contribution in [-0.4, -0.2) is 11.1 Å². The van der Waals surface area contributed by atoms with Gasteiger partial charge in [0.1, 0.15) is 0 Å². The van der Waals surface area contributed by atoms with Crippen LogP contribution in [0.2, 0.25) is 5.02 Å². The molecule has 0 aromatic heterocycles. The molecule has 1 aliphatic heterocycles. The molecule has 0 unspecified atom stereocenters. The molecule has 1 saturated heterocycles. The smallest absolute Gasteiger partial charge is 0.264 e. The molecule has 1 amide bonds. The van der Waals surface area contributed by atoms with Gasteiger partial charge in [-0.3, -0.25) is 4.79 Å². The number of thioether (sulfide) groups is 1. The fourth-order valence-electron chi connectivity index (χ4n) is 1.85. The van der Waals surface area contributed by atoms with Gasteiger partial charge in [0.2, 0.25) is 0 Å². The van der Waals surface area contributed by atoms with Crippen molar-refractivity contribution in [2.75, 3.05) is 0 Å². The third-order valence-electron chi connectivity index (χ3n) is 2.90. The summed E-state index contributed by atoms with van der Waals surface area (Å²) in [5.41, 5.74) is 1.59. The first-order valence-corrected chi connectivity index (χ1v) is 8.40. The normalized spacial score (nSPS) is 18.0. The number of nitrogens with zero attached hydrogens (tertiary/aromatic N) is 1. The number of halogens is 2. The Morgan fingerprint density at radius 3 is 2.59 bits per heavy atom. The van der Waals surface area contributed by atoms with Crippen LogP contribution in [0, 0.1) is 0 Å². The molecule has 2 aromatic carbocycles. The standard InChI is InChI=1S/C16H10BrClN2OS/c17-11-5-7-12(8-6-11)19-16-20-15(21)14(22-16)9-10-3-1-2-4-13(10)18/h1-9H,(H,19,20,21)/b14-9-. The zero-order chi connectivity index (χ0) is 15.5. The number of rotatable bonds is 2.